The molecule has 0 aliphatic carbocycles. The molecule has 0 bridgehead atoms. The summed E-state index contributed by atoms with van der Waals surface area (Å²) in [7, 11) is 0. The second-order valence-electron chi connectivity index (χ2n) is 25.3. The second-order valence-corrected chi connectivity index (χ2v) is 25.3. The summed E-state index contributed by atoms with van der Waals surface area (Å²) in [6.45, 7) is 4.98. The molecule has 3 N–H and O–H groups in total. The molecular weight excluding hydrogens is 983 g/mol. The van der Waals surface area contributed by atoms with Crippen molar-refractivity contribution in [2.45, 2.75) is 424 Å². The first-order chi connectivity index (χ1) is 39.5. The molecule has 0 rings (SSSR count). The lowest BCUT2D eigenvalue weighted by Gasteiger charge is -2.22. The second kappa shape index (κ2) is 69.8. The molecule has 0 spiro atoms. The van der Waals surface area contributed by atoms with E-state index in [4.69, 9.17) is 4.74 Å². The minimum atomic E-state index is -0.662. The zero-order chi connectivity index (χ0) is 57.8. The van der Waals surface area contributed by atoms with Crippen LogP contribution in [0.1, 0.15) is 412 Å². The van der Waals surface area contributed by atoms with Crippen LogP contribution < -0.4 is 5.32 Å². The van der Waals surface area contributed by atoms with Crippen molar-refractivity contribution in [3.05, 3.63) is 24.3 Å². The average Bonchev–Trinajstić information content (AvgIpc) is 3.46. The van der Waals surface area contributed by atoms with Gasteiger partial charge in [0.05, 0.1) is 25.4 Å². The summed E-state index contributed by atoms with van der Waals surface area (Å²) in [5, 5.41) is 23.3. The van der Waals surface area contributed by atoms with Crippen LogP contribution in [0.2, 0.25) is 0 Å². The number of hydrogen-bond acceptors (Lipinski definition) is 5. The Morgan fingerprint density at radius 2 is 0.588 bits per heavy atom. The summed E-state index contributed by atoms with van der Waals surface area (Å²) in [6.07, 6.45) is 88.2. The van der Waals surface area contributed by atoms with E-state index >= 15 is 0 Å². The van der Waals surface area contributed by atoms with Gasteiger partial charge < -0.3 is 20.3 Å². The number of aliphatic hydroxyl groups excluding tert-OH is 2. The highest BCUT2D eigenvalue weighted by atomic mass is 16.5. The van der Waals surface area contributed by atoms with Gasteiger partial charge in [-0.1, -0.05) is 346 Å². The van der Waals surface area contributed by atoms with Gasteiger partial charge in [-0.2, -0.15) is 0 Å². The van der Waals surface area contributed by atoms with Crippen molar-refractivity contribution in [1.82, 2.24) is 5.32 Å². The van der Waals surface area contributed by atoms with Crippen LogP contribution in [0.25, 0.3) is 0 Å². The van der Waals surface area contributed by atoms with E-state index in [-0.39, 0.29) is 18.5 Å². The molecule has 474 valence electrons. The lowest BCUT2D eigenvalue weighted by molar-refractivity contribution is -0.143. The number of carbonyl (C=O) groups is 2. The number of esters is 1. The number of ether oxygens (including phenoxy) is 1. The van der Waals surface area contributed by atoms with E-state index in [2.05, 4.69) is 43.5 Å². The molecule has 0 aromatic rings. The normalized spacial score (nSPS) is 12.6. The largest absolute Gasteiger partial charge is 0.466 e. The summed E-state index contributed by atoms with van der Waals surface area (Å²) in [4.78, 5) is 24.6. The summed E-state index contributed by atoms with van der Waals surface area (Å²) in [5.74, 6) is -0.0141. The van der Waals surface area contributed by atoms with Crippen LogP contribution in [-0.2, 0) is 14.3 Å². The maximum atomic E-state index is 12.5. The minimum Gasteiger partial charge on any atom is -0.466 e. The number of amides is 1. The first-order valence-electron chi connectivity index (χ1n) is 36.6. The molecule has 0 saturated carbocycles. The number of carbonyl (C=O) groups excluding carboxylic acids is 2. The van der Waals surface area contributed by atoms with E-state index in [1.807, 2.05) is 0 Å². The van der Waals surface area contributed by atoms with E-state index in [1.165, 1.54) is 334 Å². The Bertz CT molecular complexity index is 1250. The predicted molar refractivity (Wildman–Crippen MR) is 352 cm³/mol. The molecule has 0 aromatic heterocycles. The fourth-order valence-electron chi connectivity index (χ4n) is 11.6. The third-order valence-electron chi connectivity index (χ3n) is 17.2. The van der Waals surface area contributed by atoms with Gasteiger partial charge >= 0.3 is 5.97 Å². The van der Waals surface area contributed by atoms with Gasteiger partial charge in [-0.25, -0.2) is 0 Å². The first-order valence-corrected chi connectivity index (χ1v) is 36.6. The third kappa shape index (κ3) is 65.5. The Kier molecular flexibility index (Phi) is 68.4. The minimum absolute atomic E-state index is 0.0156. The molecule has 0 heterocycles. The van der Waals surface area contributed by atoms with Crippen LogP contribution in [0, 0.1) is 0 Å². The molecule has 0 fully saturated rings. The van der Waals surface area contributed by atoms with Gasteiger partial charge in [0.1, 0.15) is 0 Å². The summed E-state index contributed by atoms with van der Waals surface area (Å²) >= 11 is 0. The fourth-order valence-corrected chi connectivity index (χ4v) is 11.6. The molecule has 0 aliphatic rings. The van der Waals surface area contributed by atoms with E-state index in [0.29, 0.717) is 25.9 Å². The first kappa shape index (κ1) is 78.3. The maximum Gasteiger partial charge on any atom is 0.305 e. The monoisotopic (exact) mass is 1130 g/mol. The van der Waals surface area contributed by atoms with Crippen molar-refractivity contribution >= 4 is 11.9 Å². The number of hydrogen-bond donors (Lipinski definition) is 3. The third-order valence-corrected chi connectivity index (χ3v) is 17.2. The van der Waals surface area contributed by atoms with Crippen molar-refractivity contribution in [2.75, 3.05) is 13.2 Å². The molecule has 2 unspecified atom stereocenters. The Morgan fingerprint density at radius 3 is 0.887 bits per heavy atom. The molecule has 2 atom stereocenters. The van der Waals surface area contributed by atoms with Gasteiger partial charge in [-0.3, -0.25) is 9.59 Å². The van der Waals surface area contributed by atoms with Crippen LogP contribution in [0.5, 0.6) is 0 Å². The van der Waals surface area contributed by atoms with Crippen LogP contribution in [-0.4, -0.2) is 47.4 Å². The number of aliphatic hydroxyl groups is 2. The van der Waals surface area contributed by atoms with E-state index in [0.717, 1.165) is 44.9 Å². The Balaban J connectivity index is 3.33. The van der Waals surface area contributed by atoms with Gasteiger partial charge in [-0.05, 0) is 77.0 Å². The van der Waals surface area contributed by atoms with Crippen molar-refractivity contribution < 1.29 is 24.5 Å². The Labute approximate surface area is 501 Å². The Hall–Kier alpha value is -1.66. The molecule has 6 nitrogen and oxygen atoms in total. The molecule has 0 radical (unpaired) electrons. The van der Waals surface area contributed by atoms with Crippen molar-refractivity contribution in [2.24, 2.45) is 0 Å². The number of nitrogens with one attached hydrogen (secondary N) is 1. The zero-order valence-electron chi connectivity index (χ0n) is 54.3. The maximum absolute atomic E-state index is 12.5. The molecule has 0 aromatic carbocycles. The molecular formula is C74H143NO5. The average molecular weight is 1130 g/mol. The van der Waals surface area contributed by atoms with Crippen molar-refractivity contribution in [3.8, 4) is 0 Å². The van der Waals surface area contributed by atoms with Crippen LogP contribution in [0.15, 0.2) is 24.3 Å². The lowest BCUT2D eigenvalue weighted by Crippen LogP contribution is -2.45. The standard InChI is InChI=1S/C74H143NO5/c1-3-5-7-9-11-13-15-17-19-36-40-44-48-52-56-60-64-68-74(79)80-69-65-61-57-53-49-45-41-38-35-33-31-29-27-25-23-21-20-22-24-26-28-30-32-34-37-39-43-47-51-55-59-63-67-73(78)75-71(70-76)72(77)66-62-58-54-50-46-42-18-16-14-12-10-8-6-4-2/h17,19,23,25,71-72,76-77H,3-16,18,20-22,24,26-70H2,1-2H3,(H,75,78)/b19-17-,25-23-. The van der Waals surface area contributed by atoms with Gasteiger partial charge in [0.25, 0.3) is 0 Å². The zero-order valence-corrected chi connectivity index (χ0v) is 54.3. The Morgan fingerprint density at radius 1 is 0.338 bits per heavy atom. The smallest absolute Gasteiger partial charge is 0.305 e. The number of rotatable bonds is 69. The van der Waals surface area contributed by atoms with Gasteiger partial charge in [0, 0.05) is 12.8 Å². The molecule has 0 saturated heterocycles. The van der Waals surface area contributed by atoms with Crippen LogP contribution in [0.3, 0.4) is 0 Å². The quantitative estimate of drug-likeness (QED) is 0.0320. The van der Waals surface area contributed by atoms with Gasteiger partial charge in [0.15, 0.2) is 0 Å². The van der Waals surface area contributed by atoms with Crippen LogP contribution in [0.4, 0.5) is 0 Å². The van der Waals surface area contributed by atoms with Crippen molar-refractivity contribution in [3.63, 3.8) is 0 Å². The highest BCUT2D eigenvalue weighted by Gasteiger charge is 2.20. The summed E-state index contributed by atoms with van der Waals surface area (Å²) in [6, 6.07) is -0.539. The SMILES string of the molecule is CCCCCCCC/C=C\CCCCCCCCCC(=O)OCCCCCCCCCCCCCC/C=C\CCCCCCCCCCCCCCCCCCC(=O)NC(CO)C(O)CCCCCCCCCCCCCCCC. The highest BCUT2D eigenvalue weighted by molar-refractivity contribution is 5.76. The fraction of sp³-hybridized carbons (Fsp3) is 0.919. The number of allylic oxidation sites excluding steroid dienone is 4. The summed E-state index contributed by atoms with van der Waals surface area (Å²) in [5.41, 5.74) is 0. The molecule has 6 heteroatoms. The van der Waals surface area contributed by atoms with Crippen LogP contribution >= 0.6 is 0 Å². The topological polar surface area (TPSA) is 95.9 Å². The number of unbranched alkanes of at least 4 members (excludes halogenated alkanes) is 54. The van der Waals surface area contributed by atoms with Crippen molar-refractivity contribution in [1.29, 1.82) is 0 Å². The lowest BCUT2D eigenvalue weighted by atomic mass is 10.0. The summed E-state index contributed by atoms with van der Waals surface area (Å²) < 4.78 is 5.50. The predicted octanol–water partition coefficient (Wildman–Crippen LogP) is 23.7. The van der Waals surface area contributed by atoms with E-state index < -0.39 is 12.1 Å². The van der Waals surface area contributed by atoms with Gasteiger partial charge in [0.2, 0.25) is 5.91 Å². The molecule has 0 aliphatic heterocycles. The van der Waals surface area contributed by atoms with E-state index in [9.17, 15) is 19.8 Å². The molecule has 80 heavy (non-hydrogen) atoms. The van der Waals surface area contributed by atoms with Gasteiger partial charge in [-0.15, -0.1) is 0 Å². The molecule has 1 amide bonds. The highest BCUT2D eigenvalue weighted by Crippen LogP contribution is 2.19. The van der Waals surface area contributed by atoms with E-state index in [1.54, 1.807) is 0 Å².